The summed E-state index contributed by atoms with van der Waals surface area (Å²) in [7, 11) is 2.03. The minimum absolute atomic E-state index is 0.0564. The molecule has 1 fully saturated rings. The van der Waals surface area contributed by atoms with Gasteiger partial charge in [-0.2, -0.15) is 18.3 Å². The molecule has 1 N–H and O–H groups in total. The number of hydrogen-bond acceptors (Lipinski definition) is 7. The van der Waals surface area contributed by atoms with Gasteiger partial charge in [0.15, 0.2) is 5.82 Å². The summed E-state index contributed by atoms with van der Waals surface area (Å²) in [6.07, 6.45) is -4.57. The molecule has 1 aliphatic heterocycles. The smallest absolute Gasteiger partial charge is 0.495 e. The van der Waals surface area contributed by atoms with Crippen molar-refractivity contribution in [2.24, 2.45) is 0 Å². The predicted octanol–water partition coefficient (Wildman–Crippen LogP) is 6.55. The first-order chi connectivity index (χ1) is 19.7. The number of methoxy groups -OCH3 is 2. The fourth-order valence-corrected chi connectivity index (χ4v) is 4.94. The molecule has 2 heterocycles. The Bertz CT molecular complexity index is 1630. The Kier molecular flexibility index (Phi) is 7.61. The molecule has 220 valence electrons. The van der Waals surface area contributed by atoms with Gasteiger partial charge in [0, 0.05) is 28.9 Å². The quantitative estimate of drug-likeness (QED) is 0.249. The van der Waals surface area contributed by atoms with Crippen LogP contribution >= 0.6 is 0 Å². The number of fused-ring (bicyclic) bond motifs is 1. The van der Waals surface area contributed by atoms with E-state index in [0.29, 0.717) is 35.1 Å². The Balaban J connectivity index is 1.50. The molecule has 0 amide bonds. The van der Waals surface area contributed by atoms with Gasteiger partial charge in [0.1, 0.15) is 11.5 Å². The second-order valence-electron chi connectivity index (χ2n) is 11.3. The van der Waals surface area contributed by atoms with Gasteiger partial charge in [0.2, 0.25) is 0 Å². The first-order valence-electron chi connectivity index (χ1n) is 13.5. The molecule has 1 aliphatic rings. The number of alkyl halides is 3. The van der Waals surface area contributed by atoms with Crippen LogP contribution in [0.2, 0.25) is 0 Å². The summed E-state index contributed by atoms with van der Waals surface area (Å²) in [5.74, 6) is 1.94. The Morgan fingerprint density at radius 3 is 2.14 bits per heavy atom. The maximum Gasteiger partial charge on any atom is 0.495 e. The Hall–Kier alpha value is -3.83. The van der Waals surface area contributed by atoms with E-state index in [9.17, 15) is 13.2 Å². The van der Waals surface area contributed by atoms with E-state index in [1.165, 1.54) is 12.1 Å². The topological polar surface area (TPSA) is 74.7 Å². The van der Waals surface area contributed by atoms with Gasteiger partial charge >= 0.3 is 13.3 Å². The second kappa shape index (κ2) is 10.8. The van der Waals surface area contributed by atoms with Crippen molar-refractivity contribution in [2.45, 2.75) is 58.5 Å². The first kappa shape index (κ1) is 29.7. The number of anilines is 1. The summed E-state index contributed by atoms with van der Waals surface area (Å²) in [4.78, 5) is 0. The van der Waals surface area contributed by atoms with E-state index in [1.807, 2.05) is 71.0 Å². The van der Waals surface area contributed by atoms with Crippen molar-refractivity contribution in [2.75, 3.05) is 19.5 Å². The summed E-state index contributed by atoms with van der Waals surface area (Å²) in [6.45, 7) is 9.53. The molecule has 3 aromatic carbocycles. The van der Waals surface area contributed by atoms with Crippen LogP contribution in [0, 0.1) is 6.92 Å². The molecule has 7 nitrogen and oxygen atoms in total. The zero-order valence-corrected chi connectivity index (χ0v) is 24.6. The van der Waals surface area contributed by atoms with E-state index in [4.69, 9.17) is 18.8 Å². The van der Waals surface area contributed by atoms with Gasteiger partial charge in [-0.05, 0) is 81.5 Å². The van der Waals surface area contributed by atoms with Crippen LogP contribution in [0.25, 0.3) is 21.9 Å². The van der Waals surface area contributed by atoms with Crippen molar-refractivity contribution in [3.8, 4) is 22.6 Å². The maximum atomic E-state index is 14.1. The van der Waals surface area contributed by atoms with Crippen LogP contribution in [0.1, 0.15) is 44.5 Å². The third kappa shape index (κ3) is 5.50. The lowest BCUT2D eigenvalue weighted by Gasteiger charge is -2.32. The molecule has 0 bridgehead atoms. The summed E-state index contributed by atoms with van der Waals surface area (Å²) < 4.78 is 65.0. The summed E-state index contributed by atoms with van der Waals surface area (Å²) in [5.41, 5.74) is 0.523. The fraction of sp³-hybridized carbons (Fsp3) is 0.355. The molecule has 1 saturated heterocycles. The number of halogens is 3. The number of aryl methyl sites for hydroxylation is 1. The molecule has 1 aromatic heterocycles. The average molecular weight is 579 g/mol. The monoisotopic (exact) mass is 579 g/mol. The van der Waals surface area contributed by atoms with Gasteiger partial charge in [-0.15, -0.1) is 5.10 Å². The van der Waals surface area contributed by atoms with Crippen LogP contribution in [0.3, 0.4) is 0 Å². The van der Waals surface area contributed by atoms with E-state index in [2.05, 4.69) is 15.5 Å². The van der Waals surface area contributed by atoms with Gasteiger partial charge < -0.3 is 24.1 Å². The maximum absolute atomic E-state index is 14.1. The van der Waals surface area contributed by atoms with Crippen molar-refractivity contribution in [3.05, 3.63) is 71.4 Å². The van der Waals surface area contributed by atoms with Gasteiger partial charge in [0.05, 0.1) is 36.7 Å². The molecule has 4 aromatic rings. The van der Waals surface area contributed by atoms with E-state index in [-0.39, 0.29) is 5.46 Å². The molecule has 0 spiro atoms. The first-order valence-corrected chi connectivity index (χ1v) is 13.5. The van der Waals surface area contributed by atoms with Crippen molar-refractivity contribution < 1.29 is 32.0 Å². The highest BCUT2D eigenvalue weighted by Crippen LogP contribution is 2.39. The summed E-state index contributed by atoms with van der Waals surface area (Å²) in [5, 5.41) is 13.7. The van der Waals surface area contributed by atoms with E-state index in [1.54, 1.807) is 14.2 Å². The lowest BCUT2D eigenvalue weighted by atomic mass is 9.74. The molecule has 0 unspecified atom stereocenters. The molecule has 5 rings (SSSR count). The highest BCUT2D eigenvalue weighted by Gasteiger charge is 2.53. The molecule has 0 atom stereocenters. The van der Waals surface area contributed by atoms with Gasteiger partial charge in [-0.25, -0.2) is 0 Å². The zero-order valence-electron chi connectivity index (χ0n) is 24.6. The minimum Gasteiger partial charge on any atom is -0.497 e. The summed E-state index contributed by atoms with van der Waals surface area (Å²) in [6, 6.07) is 15.3. The van der Waals surface area contributed by atoms with Crippen molar-refractivity contribution >= 4 is 29.2 Å². The molecule has 0 aliphatic carbocycles. The van der Waals surface area contributed by atoms with E-state index in [0.717, 1.165) is 28.0 Å². The minimum atomic E-state index is -4.57. The number of ether oxygens (including phenoxy) is 2. The van der Waals surface area contributed by atoms with Gasteiger partial charge in [-0.3, -0.25) is 0 Å². The number of nitrogens with one attached hydrogen (secondary N) is 1. The average Bonchev–Trinajstić information content (AvgIpc) is 3.17. The lowest BCUT2D eigenvalue weighted by Crippen LogP contribution is -2.41. The second-order valence-corrected chi connectivity index (χ2v) is 11.3. The third-order valence-electron chi connectivity index (χ3n) is 8.10. The number of aromatic nitrogens is 2. The molecule has 11 heteroatoms. The highest BCUT2D eigenvalue weighted by molar-refractivity contribution is 6.62. The van der Waals surface area contributed by atoms with Crippen LogP contribution < -0.4 is 20.3 Å². The SMILES string of the molecule is COc1ccc(CNc2nnc(C)c3cc(-c4ccc(C(F)(F)F)c(B5OC(C)(C)C(C)(C)O5)c4)ccc23)c(OC)c1. The van der Waals surface area contributed by atoms with Gasteiger partial charge in [0.25, 0.3) is 0 Å². The van der Waals surface area contributed by atoms with E-state index >= 15 is 0 Å². The van der Waals surface area contributed by atoms with Crippen molar-refractivity contribution in [3.63, 3.8) is 0 Å². The van der Waals surface area contributed by atoms with Crippen LogP contribution in [0.4, 0.5) is 19.0 Å². The Morgan fingerprint density at radius 1 is 0.833 bits per heavy atom. The number of rotatable bonds is 7. The van der Waals surface area contributed by atoms with Crippen molar-refractivity contribution in [1.29, 1.82) is 0 Å². The molecular formula is C31H33BF3N3O4. The molecule has 0 saturated carbocycles. The van der Waals surface area contributed by atoms with E-state index < -0.39 is 30.1 Å². The Labute approximate surface area is 243 Å². The zero-order chi connectivity index (χ0) is 30.4. The fourth-order valence-electron chi connectivity index (χ4n) is 4.94. The van der Waals surface area contributed by atoms with Crippen LogP contribution in [-0.2, 0) is 22.0 Å². The Morgan fingerprint density at radius 2 is 1.50 bits per heavy atom. The number of nitrogens with zero attached hydrogens (tertiary/aromatic N) is 2. The largest absolute Gasteiger partial charge is 0.497 e. The van der Waals surface area contributed by atoms with Crippen LogP contribution in [0.15, 0.2) is 54.6 Å². The van der Waals surface area contributed by atoms with Crippen molar-refractivity contribution in [1.82, 2.24) is 10.2 Å². The van der Waals surface area contributed by atoms with Crippen LogP contribution in [-0.4, -0.2) is 42.7 Å². The number of hydrogen-bond donors (Lipinski definition) is 1. The van der Waals surface area contributed by atoms with Gasteiger partial charge in [-0.1, -0.05) is 18.2 Å². The highest BCUT2D eigenvalue weighted by atomic mass is 19.4. The van der Waals surface area contributed by atoms with Crippen LogP contribution in [0.5, 0.6) is 11.5 Å². The third-order valence-corrected chi connectivity index (χ3v) is 8.10. The number of benzene rings is 3. The lowest BCUT2D eigenvalue weighted by molar-refractivity contribution is -0.136. The molecular weight excluding hydrogens is 546 g/mol. The standard InChI is InChI=1S/C31H33BF3N3O4/c1-18-24-14-19(9-12-23(24)28(38-37-18)36-17-21-8-11-22(39-6)16-27(21)40-7)20-10-13-25(31(33,34)35)26(15-20)32-41-29(2,3)30(4,5)42-32/h8-16H,17H2,1-7H3,(H,36,38). The summed E-state index contributed by atoms with van der Waals surface area (Å²) >= 11 is 0. The molecule has 0 radical (unpaired) electrons. The molecule has 42 heavy (non-hydrogen) atoms. The normalized spacial score (nSPS) is 16.1. The predicted molar refractivity (Wildman–Crippen MR) is 157 cm³/mol.